The second-order valence-corrected chi connectivity index (χ2v) is 5.98. The number of benzene rings is 1. The molecular weight excluding hydrogens is 290 g/mol. The highest BCUT2D eigenvalue weighted by molar-refractivity contribution is 5.69. The molecule has 122 valence electrons. The maximum Gasteiger partial charge on any atom is 0.435 e. The van der Waals surface area contributed by atoms with E-state index >= 15 is 0 Å². The minimum Gasteiger partial charge on any atom is -0.443 e. The summed E-state index contributed by atoms with van der Waals surface area (Å²) < 4.78 is 6.67. The Hall–Kier alpha value is -2.14. The van der Waals surface area contributed by atoms with Gasteiger partial charge in [0.25, 0.3) is 0 Å². The third kappa shape index (κ3) is 3.99. The first-order valence-electron chi connectivity index (χ1n) is 8.28. The highest BCUT2D eigenvalue weighted by Crippen LogP contribution is 2.20. The maximum atomic E-state index is 12.2. The van der Waals surface area contributed by atoms with Crippen molar-refractivity contribution in [2.75, 3.05) is 6.54 Å². The molecule has 0 aliphatic heterocycles. The topological polar surface area (TPSA) is 56.2 Å². The minimum atomic E-state index is -0.415. The third-order valence-corrected chi connectivity index (χ3v) is 4.15. The summed E-state index contributed by atoms with van der Waals surface area (Å²) in [5.41, 5.74) is 3.15. The van der Waals surface area contributed by atoms with Gasteiger partial charge in [-0.3, -0.25) is 0 Å². The number of nitrogens with one attached hydrogen (secondary N) is 1. The van der Waals surface area contributed by atoms with E-state index in [4.69, 9.17) is 4.74 Å². The summed E-state index contributed by atoms with van der Waals surface area (Å²) >= 11 is 0. The molecular formula is C18H23N3O2. The number of carbonyl (C=O) groups is 1. The van der Waals surface area contributed by atoms with Gasteiger partial charge in [-0.15, -0.1) is 0 Å². The van der Waals surface area contributed by atoms with Crippen molar-refractivity contribution in [3.63, 3.8) is 0 Å². The molecule has 1 unspecified atom stereocenters. The molecule has 1 aliphatic carbocycles. The van der Waals surface area contributed by atoms with Gasteiger partial charge in [0.2, 0.25) is 0 Å². The van der Waals surface area contributed by atoms with Gasteiger partial charge in [-0.25, -0.2) is 4.79 Å². The standard InChI is InChI=1S/C18H23N3O2/c1-2-10-19-16-8-9-17-15(11-16)12-21(20-17)18(22)23-13-14-6-4-3-5-7-14/h3-7,12,16,19H,2,8-11,13H2,1H3. The van der Waals surface area contributed by atoms with Crippen molar-refractivity contribution in [1.29, 1.82) is 0 Å². The van der Waals surface area contributed by atoms with Gasteiger partial charge >= 0.3 is 6.09 Å². The average Bonchev–Trinajstić information content (AvgIpc) is 3.02. The lowest BCUT2D eigenvalue weighted by Crippen LogP contribution is -2.34. The Kier molecular flexibility index (Phi) is 5.08. The second kappa shape index (κ2) is 7.42. The number of hydrogen-bond donors (Lipinski definition) is 1. The molecule has 3 rings (SSSR count). The number of nitrogens with zero attached hydrogens (tertiary/aromatic N) is 2. The zero-order valence-corrected chi connectivity index (χ0v) is 13.5. The average molecular weight is 313 g/mol. The van der Waals surface area contributed by atoms with Crippen molar-refractivity contribution in [2.24, 2.45) is 0 Å². The van der Waals surface area contributed by atoms with Crippen molar-refractivity contribution in [1.82, 2.24) is 15.1 Å². The number of ether oxygens (including phenoxy) is 1. The lowest BCUT2D eigenvalue weighted by atomic mass is 9.93. The van der Waals surface area contributed by atoms with Crippen molar-refractivity contribution >= 4 is 6.09 Å². The Morgan fingerprint density at radius 1 is 1.39 bits per heavy atom. The Labute approximate surface area is 136 Å². The van der Waals surface area contributed by atoms with Crippen LogP contribution in [0.2, 0.25) is 0 Å². The fourth-order valence-corrected chi connectivity index (χ4v) is 2.91. The van der Waals surface area contributed by atoms with Gasteiger partial charge in [0.15, 0.2) is 0 Å². The van der Waals surface area contributed by atoms with Crippen LogP contribution in [0.15, 0.2) is 36.5 Å². The zero-order valence-electron chi connectivity index (χ0n) is 13.5. The van der Waals surface area contributed by atoms with E-state index < -0.39 is 6.09 Å². The molecule has 1 atom stereocenters. The third-order valence-electron chi connectivity index (χ3n) is 4.15. The molecule has 1 heterocycles. The monoisotopic (exact) mass is 313 g/mol. The van der Waals surface area contributed by atoms with Crippen LogP contribution >= 0.6 is 0 Å². The van der Waals surface area contributed by atoms with Crippen LogP contribution in [0.4, 0.5) is 4.79 Å². The van der Waals surface area contributed by atoms with Gasteiger partial charge in [-0.05, 0) is 43.4 Å². The molecule has 0 radical (unpaired) electrons. The highest BCUT2D eigenvalue weighted by atomic mass is 16.6. The molecule has 23 heavy (non-hydrogen) atoms. The summed E-state index contributed by atoms with van der Waals surface area (Å²) in [7, 11) is 0. The molecule has 1 aromatic carbocycles. The van der Waals surface area contributed by atoms with Crippen molar-refractivity contribution in [2.45, 2.75) is 45.3 Å². The smallest absolute Gasteiger partial charge is 0.435 e. The molecule has 0 amide bonds. The number of hydrogen-bond acceptors (Lipinski definition) is 4. The van der Waals surface area contributed by atoms with Crippen LogP contribution in [-0.2, 0) is 24.2 Å². The summed E-state index contributed by atoms with van der Waals surface area (Å²) in [5, 5.41) is 7.94. The molecule has 0 spiro atoms. The van der Waals surface area contributed by atoms with Gasteiger partial charge in [-0.1, -0.05) is 37.3 Å². The van der Waals surface area contributed by atoms with Crippen molar-refractivity contribution in [3.8, 4) is 0 Å². The molecule has 5 nitrogen and oxygen atoms in total. The molecule has 0 bridgehead atoms. The van der Waals surface area contributed by atoms with Gasteiger partial charge in [-0.2, -0.15) is 9.78 Å². The first-order valence-corrected chi connectivity index (χ1v) is 8.28. The Morgan fingerprint density at radius 3 is 3.00 bits per heavy atom. The molecule has 5 heteroatoms. The van der Waals surface area contributed by atoms with Crippen LogP contribution in [0.1, 0.15) is 36.6 Å². The lowest BCUT2D eigenvalue weighted by Gasteiger charge is -2.22. The number of fused-ring (bicyclic) bond motifs is 1. The van der Waals surface area contributed by atoms with E-state index in [-0.39, 0.29) is 6.61 Å². The zero-order chi connectivity index (χ0) is 16.1. The number of carbonyl (C=O) groups excluding carboxylic acids is 1. The van der Waals surface area contributed by atoms with Gasteiger partial charge < -0.3 is 10.1 Å². The molecule has 0 saturated carbocycles. The molecule has 1 aromatic heterocycles. The quantitative estimate of drug-likeness (QED) is 0.922. The van der Waals surface area contributed by atoms with Crippen LogP contribution in [0.3, 0.4) is 0 Å². The predicted octanol–water partition coefficient (Wildman–Crippen LogP) is 2.92. The van der Waals surface area contributed by atoms with E-state index in [1.54, 1.807) is 0 Å². The van der Waals surface area contributed by atoms with Crippen LogP contribution in [0, 0.1) is 0 Å². The van der Waals surface area contributed by atoms with Crippen molar-refractivity contribution < 1.29 is 9.53 Å². The normalized spacial score (nSPS) is 16.8. The fourth-order valence-electron chi connectivity index (χ4n) is 2.91. The van der Waals surface area contributed by atoms with Crippen LogP contribution < -0.4 is 5.32 Å². The highest BCUT2D eigenvalue weighted by Gasteiger charge is 2.22. The van der Waals surface area contributed by atoms with Crippen molar-refractivity contribution in [3.05, 3.63) is 53.3 Å². The van der Waals surface area contributed by atoms with E-state index in [1.165, 1.54) is 4.68 Å². The first kappa shape index (κ1) is 15.7. The van der Waals surface area contributed by atoms with Crippen LogP contribution in [0.5, 0.6) is 0 Å². The van der Waals surface area contributed by atoms with E-state index in [9.17, 15) is 4.79 Å². The van der Waals surface area contributed by atoms with E-state index in [0.29, 0.717) is 6.04 Å². The molecule has 0 saturated heterocycles. The molecule has 0 fully saturated rings. The number of aromatic nitrogens is 2. The van der Waals surface area contributed by atoms with Crippen LogP contribution in [-0.4, -0.2) is 28.5 Å². The largest absolute Gasteiger partial charge is 0.443 e. The van der Waals surface area contributed by atoms with Gasteiger partial charge in [0, 0.05) is 12.2 Å². The Balaban J connectivity index is 1.59. The maximum absolute atomic E-state index is 12.2. The van der Waals surface area contributed by atoms with Gasteiger partial charge in [0.1, 0.15) is 6.61 Å². The molecule has 1 aliphatic rings. The summed E-state index contributed by atoms with van der Waals surface area (Å²) in [6, 6.07) is 10.2. The lowest BCUT2D eigenvalue weighted by molar-refractivity contribution is 0.137. The Morgan fingerprint density at radius 2 is 2.22 bits per heavy atom. The minimum absolute atomic E-state index is 0.269. The van der Waals surface area contributed by atoms with Crippen LogP contribution in [0.25, 0.3) is 0 Å². The summed E-state index contributed by atoms with van der Waals surface area (Å²) in [6.07, 6.45) is 5.46. The first-order chi connectivity index (χ1) is 11.3. The van der Waals surface area contributed by atoms with E-state index in [1.807, 2.05) is 36.5 Å². The number of aryl methyl sites for hydroxylation is 1. The summed E-state index contributed by atoms with van der Waals surface area (Å²) in [4.78, 5) is 12.2. The van der Waals surface area contributed by atoms with Gasteiger partial charge in [0.05, 0.1) is 5.69 Å². The SMILES string of the molecule is CCCNC1CCc2nn(C(=O)OCc3ccccc3)cc2C1. The fraction of sp³-hybridized carbons (Fsp3) is 0.444. The van der Waals surface area contributed by atoms with E-state index in [2.05, 4.69) is 17.3 Å². The van der Waals surface area contributed by atoms with E-state index in [0.717, 1.165) is 49.0 Å². The molecule has 2 aromatic rings. The molecule has 1 N–H and O–H groups in total. The summed E-state index contributed by atoms with van der Waals surface area (Å²) in [6.45, 7) is 3.47. The number of rotatable bonds is 5. The summed E-state index contributed by atoms with van der Waals surface area (Å²) in [5.74, 6) is 0. The second-order valence-electron chi connectivity index (χ2n) is 5.98. The predicted molar refractivity (Wildman–Crippen MR) is 88.4 cm³/mol. The Bertz CT molecular complexity index is 652.